The molecule has 0 radical (unpaired) electrons. The molecule has 1 aromatic rings. The van der Waals surface area contributed by atoms with Crippen LogP contribution in [0.1, 0.15) is 19.7 Å². The van der Waals surface area contributed by atoms with E-state index in [1.807, 2.05) is 0 Å². The van der Waals surface area contributed by atoms with Gasteiger partial charge in [0.25, 0.3) is 5.54 Å². The highest BCUT2D eigenvalue weighted by Gasteiger charge is 2.51. The first-order valence-electron chi connectivity index (χ1n) is 6.24. The number of nitrogens with zero attached hydrogens (tertiary/aromatic N) is 4. The molecular formula is C11H16N4O6. The largest absolute Gasteiger partial charge is 0.358 e. The van der Waals surface area contributed by atoms with Gasteiger partial charge in [0.15, 0.2) is 5.79 Å². The molecule has 1 fully saturated rings. The number of nitro groups is 2. The maximum Gasteiger partial charge on any atom is 0.342 e. The molecule has 10 nitrogen and oxygen atoms in total. The van der Waals surface area contributed by atoms with Gasteiger partial charge >= 0.3 is 5.82 Å². The molecule has 0 spiro atoms. The van der Waals surface area contributed by atoms with Crippen molar-refractivity contribution in [3.05, 3.63) is 32.2 Å². The zero-order chi connectivity index (χ0) is 15.8. The molecule has 0 bridgehead atoms. The second kappa shape index (κ2) is 5.04. The number of hydrogen-bond donors (Lipinski definition) is 0. The lowest BCUT2D eigenvalue weighted by Gasteiger charge is -2.37. The predicted octanol–water partition coefficient (Wildman–Crippen LogP) is 0.669. The van der Waals surface area contributed by atoms with Gasteiger partial charge in [-0.3, -0.25) is 10.1 Å². The number of rotatable bonds is 4. The molecule has 0 N–H and O–H groups in total. The van der Waals surface area contributed by atoms with Crippen molar-refractivity contribution in [3.8, 4) is 0 Å². The van der Waals surface area contributed by atoms with Crippen LogP contribution in [-0.4, -0.2) is 43.9 Å². The van der Waals surface area contributed by atoms with Gasteiger partial charge in [-0.1, -0.05) is 0 Å². The molecule has 0 atom stereocenters. The average Bonchev–Trinajstić information content (AvgIpc) is 2.73. The summed E-state index contributed by atoms with van der Waals surface area (Å²) >= 11 is 0. The first kappa shape index (κ1) is 15.3. The Balaban J connectivity index is 2.26. The molecule has 0 aliphatic carbocycles. The van der Waals surface area contributed by atoms with E-state index in [9.17, 15) is 20.2 Å². The molecule has 0 unspecified atom stereocenters. The summed E-state index contributed by atoms with van der Waals surface area (Å²) in [6, 6.07) is 0. The van der Waals surface area contributed by atoms with Crippen molar-refractivity contribution < 1.29 is 19.3 Å². The summed E-state index contributed by atoms with van der Waals surface area (Å²) in [4.78, 5) is 25.0. The number of aromatic nitrogens is 2. The molecule has 1 saturated heterocycles. The first-order valence-corrected chi connectivity index (χ1v) is 6.24. The summed E-state index contributed by atoms with van der Waals surface area (Å²) in [5.74, 6) is -0.862. The van der Waals surface area contributed by atoms with Gasteiger partial charge in [0.05, 0.1) is 7.05 Å². The van der Waals surface area contributed by atoms with Crippen LogP contribution in [0.2, 0.25) is 0 Å². The van der Waals surface area contributed by atoms with Crippen molar-refractivity contribution in [3.63, 3.8) is 0 Å². The fourth-order valence-electron chi connectivity index (χ4n) is 2.04. The maximum absolute atomic E-state index is 11.4. The molecule has 2 rings (SSSR count). The summed E-state index contributed by atoms with van der Waals surface area (Å²) in [6.07, 6.45) is 0.970. The smallest absolute Gasteiger partial charge is 0.342 e. The van der Waals surface area contributed by atoms with E-state index < -0.39 is 21.2 Å². The van der Waals surface area contributed by atoms with Gasteiger partial charge in [-0.15, -0.1) is 0 Å². The Labute approximate surface area is 120 Å². The Morgan fingerprint density at radius 2 is 1.90 bits per heavy atom. The minimum absolute atomic E-state index is 0.111. The zero-order valence-corrected chi connectivity index (χ0v) is 11.9. The second-order valence-electron chi connectivity index (χ2n) is 5.48. The Hall–Kier alpha value is -2.07. The Bertz CT molecular complexity index is 571. The minimum Gasteiger partial charge on any atom is -0.358 e. The lowest BCUT2D eigenvalue weighted by atomic mass is 9.96. The summed E-state index contributed by atoms with van der Waals surface area (Å²) in [5, 5.41) is 22.2. The van der Waals surface area contributed by atoms with E-state index in [2.05, 4.69) is 4.98 Å². The summed E-state index contributed by atoms with van der Waals surface area (Å²) < 4.78 is 12.0. The highest BCUT2D eigenvalue weighted by molar-refractivity contribution is 5.19. The number of hydrogen-bond acceptors (Lipinski definition) is 7. The summed E-state index contributed by atoms with van der Waals surface area (Å²) in [7, 11) is 1.45. The van der Waals surface area contributed by atoms with Crippen molar-refractivity contribution in [2.24, 2.45) is 7.05 Å². The third kappa shape index (κ3) is 2.85. The minimum atomic E-state index is -1.50. The van der Waals surface area contributed by atoms with Crippen molar-refractivity contribution in [2.45, 2.75) is 31.6 Å². The second-order valence-corrected chi connectivity index (χ2v) is 5.48. The fourth-order valence-corrected chi connectivity index (χ4v) is 2.04. The number of imidazole rings is 1. The van der Waals surface area contributed by atoms with E-state index in [1.165, 1.54) is 11.6 Å². The van der Waals surface area contributed by atoms with Crippen LogP contribution in [0.3, 0.4) is 0 Å². The molecule has 0 saturated carbocycles. The van der Waals surface area contributed by atoms with Gasteiger partial charge in [-0.05, 0) is 18.8 Å². The van der Waals surface area contributed by atoms with Gasteiger partial charge in [0.2, 0.25) is 5.82 Å². The Morgan fingerprint density at radius 1 is 1.33 bits per heavy atom. The fraction of sp³-hybridized carbons (Fsp3) is 0.727. The molecule has 116 valence electrons. The van der Waals surface area contributed by atoms with Gasteiger partial charge in [0.1, 0.15) is 25.8 Å². The molecule has 0 aromatic carbocycles. The van der Waals surface area contributed by atoms with Crippen LogP contribution in [0.5, 0.6) is 0 Å². The predicted molar refractivity (Wildman–Crippen MR) is 69.3 cm³/mol. The number of ether oxygens (including phenoxy) is 2. The van der Waals surface area contributed by atoms with Crippen LogP contribution in [-0.2, 0) is 22.9 Å². The monoisotopic (exact) mass is 300 g/mol. The van der Waals surface area contributed by atoms with E-state index >= 15 is 0 Å². The van der Waals surface area contributed by atoms with Crippen molar-refractivity contribution >= 4 is 5.82 Å². The lowest BCUT2D eigenvalue weighted by molar-refractivity contribution is -0.595. The average molecular weight is 300 g/mol. The molecule has 2 heterocycles. The third-order valence-electron chi connectivity index (χ3n) is 3.50. The van der Waals surface area contributed by atoms with Gasteiger partial charge < -0.3 is 19.6 Å². The third-order valence-corrected chi connectivity index (χ3v) is 3.50. The van der Waals surface area contributed by atoms with Crippen molar-refractivity contribution in [2.75, 3.05) is 13.2 Å². The topological polar surface area (TPSA) is 123 Å². The Kier molecular flexibility index (Phi) is 3.68. The summed E-state index contributed by atoms with van der Waals surface area (Å²) in [6.45, 7) is 3.05. The lowest BCUT2D eigenvalue weighted by Crippen LogP contribution is -2.57. The van der Waals surface area contributed by atoms with Crippen molar-refractivity contribution in [1.29, 1.82) is 0 Å². The van der Waals surface area contributed by atoms with Crippen LogP contribution < -0.4 is 0 Å². The zero-order valence-electron chi connectivity index (χ0n) is 11.9. The molecule has 1 aliphatic rings. The van der Waals surface area contributed by atoms with Crippen LogP contribution >= 0.6 is 0 Å². The van der Waals surface area contributed by atoms with E-state index in [0.717, 1.165) is 6.20 Å². The molecule has 21 heavy (non-hydrogen) atoms. The molecule has 1 aromatic heterocycles. The van der Waals surface area contributed by atoms with E-state index in [0.29, 0.717) is 0 Å². The molecule has 0 amide bonds. The molecular weight excluding hydrogens is 284 g/mol. The molecule has 1 aliphatic heterocycles. The maximum atomic E-state index is 11.4. The van der Waals surface area contributed by atoms with E-state index in [4.69, 9.17) is 9.47 Å². The summed E-state index contributed by atoms with van der Waals surface area (Å²) in [5.41, 5.74) is -1.50. The Morgan fingerprint density at radius 3 is 2.33 bits per heavy atom. The van der Waals surface area contributed by atoms with Gasteiger partial charge in [-0.25, -0.2) is 9.55 Å². The van der Waals surface area contributed by atoms with E-state index in [1.54, 1.807) is 13.8 Å². The van der Waals surface area contributed by atoms with Gasteiger partial charge in [-0.2, -0.15) is 0 Å². The van der Waals surface area contributed by atoms with Crippen molar-refractivity contribution in [1.82, 2.24) is 9.55 Å². The van der Waals surface area contributed by atoms with Crippen LogP contribution in [0.15, 0.2) is 6.20 Å². The SMILES string of the molecule is Cn1c([N+](=O)[O-])cnc1CC1([N+](=O)[O-])COC(C)(C)OC1. The van der Waals surface area contributed by atoms with Crippen LogP contribution in [0.25, 0.3) is 0 Å². The highest BCUT2D eigenvalue weighted by Crippen LogP contribution is 2.29. The molecule has 10 heteroatoms. The van der Waals surface area contributed by atoms with E-state index in [-0.39, 0.29) is 31.3 Å². The first-order chi connectivity index (χ1) is 9.67. The van der Waals surface area contributed by atoms with Crippen LogP contribution in [0.4, 0.5) is 5.82 Å². The normalized spacial score (nSPS) is 20.1. The standard InChI is InChI=1S/C11H16N4O6/c1-10(2)20-6-11(7-21-10,15(18)19)4-8-12-5-9(13(8)3)14(16)17/h5H,4,6-7H2,1-3H3. The van der Waals surface area contributed by atoms with Gasteiger partial charge in [0, 0.05) is 4.92 Å². The van der Waals surface area contributed by atoms with Crippen LogP contribution in [0, 0.1) is 20.2 Å². The highest BCUT2D eigenvalue weighted by atomic mass is 16.7. The quantitative estimate of drug-likeness (QED) is 0.591.